The van der Waals surface area contributed by atoms with Crippen LogP contribution in [0.2, 0.25) is 0 Å². The average molecular weight is 335 g/mol. The fraction of sp³-hybridized carbons (Fsp3) is 0.133. The van der Waals surface area contributed by atoms with Gasteiger partial charge in [0.15, 0.2) is 12.4 Å². The number of nitrogens with two attached hydrogens (primary N) is 1. The fourth-order valence-corrected chi connectivity index (χ4v) is 2.15. The summed E-state index contributed by atoms with van der Waals surface area (Å²) < 4.78 is 6.16. The van der Waals surface area contributed by atoms with E-state index in [2.05, 4.69) is 21.2 Å². The van der Waals surface area contributed by atoms with Crippen molar-refractivity contribution < 1.29 is 9.53 Å². The summed E-state index contributed by atoms with van der Waals surface area (Å²) in [6.45, 7) is 1.89. The molecule has 20 heavy (non-hydrogen) atoms. The third-order valence-electron chi connectivity index (χ3n) is 2.68. The Hall–Kier alpha value is -2.01. The van der Waals surface area contributed by atoms with E-state index in [0.29, 0.717) is 11.4 Å². The van der Waals surface area contributed by atoms with Crippen molar-refractivity contribution in [1.29, 1.82) is 0 Å². The molecule has 0 heterocycles. The maximum atomic E-state index is 11.8. The Labute approximate surface area is 126 Å². The molecule has 0 aliphatic heterocycles. The first-order chi connectivity index (χ1) is 9.56. The van der Waals surface area contributed by atoms with Crippen LogP contribution in [0.25, 0.3) is 0 Å². The van der Waals surface area contributed by atoms with Gasteiger partial charge >= 0.3 is 0 Å². The monoisotopic (exact) mass is 334 g/mol. The van der Waals surface area contributed by atoms with Crippen molar-refractivity contribution in [2.75, 3.05) is 17.7 Å². The van der Waals surface area contributed by atoms with Crippen LogP contribution in [-0.4, -0.2) is 12.5 Å². The number of nitrogen functional groups attached to an aromatic ring is 1. The summed E-state index contributed by atoms with van der Waals surface area (Å²) in [6, 6.07) is 12.9. The Kier molecular flexibility index (Phi) is 4.63. The van der Waals surface area contributed by atoms with Gasteiger partial charge in [-0.15, -0.1) is 0 Å². The number of anilines is 2. The zero-order valence-electron chi connectivity index (χ0n) is 11.0. The van der Waals surface area contributed by atoms with E-state index in [9.17, 15) is 4.79 Å². The Bertz CT molecular complexity index is 592. The Morgan fingerprint density at radius 1 is 1.25 bits per heavy atom. The standard InChI is InChI=1S/C15H15BrN2O2/c1-10-5-7-11(8-6-10)18-14(19)9-20-15-12(16)3-2-4-13(15)17/h2-8H,9,17H2,1H3,(H,18,19). The second-order valence-electron chi connectivity index (χ2n) is 4.36. The second kappa shape index (κ2) is 6.43. The number of rotatable bonds is 4. The molecule has 0 aliphatic carbocycles. The Balaban J connectivity index is 1.94. The van der Waals surface area contributed by atoms with Gasteiger partial charge in [-0.3, -0.25) is 4.79 Å². The third-order valence-corrected chi connectivity index (χ3v) is 3.30. The molecule has 0 aliphatic rings. The van der Waals surface area contributed by atoms with Crippen LogP contribution in [0.3, 0.4) is 0 Å². The van der Waals surface area contributed by atoms with E-state index in [4.69, 9.17) is 10.5 Å². The van der Waals surface area contributed by atoms with Crippen molar-refractivity contribution in [3.8, 4) is 5.75 Å². The van der Waals surface area contributed by atoms with Gasteiger partial charge in [0, 0.05) is 5.69 Å². The number of aryl methyl sites for hydroxylation is 1. The lowest BCUT2D eigenvalue weighted by Crippen LogP contribution is -2.20. The lowest BCUT2D eigenvalue weighted by atomic mass is 10.2. The maximum Gasteiger partial charge on any atom is 0.262 e. The number of carbonyl (C=O) groups excluding carboxylic acids is 1. The number of para-hydroxylation sites is 1. The quantitative estimate of drug-likeness (QED) is 0.842. The molecule has 5 heteroatoms. The van der Waals surface area contributed by atoms with E-state index in [0.717, 1.165) is 15.7 Å². The molecule has 104 valence electrons. The number of amides is 1. The molecule has 0 aromatic heterocycles. The van der Waals surface area contributed by atoms with Crippen LogP contribution in [-0.2, 0) is 4.79 Å². The van der Waals surface area contributed by atoms with Crippen LogP contribution in [0, 0.1) is 6.92 Å². The van der Waals surface area contributed by atoms with Crippen molar-refractivity contribution >= 4 is 33.2 Å². The highest BCUT2D eigenvalue weighted by Crippen LogP contribution is 2.30. The molecule has 0 fully saturated rings. The Morgan fingerprint density at radius 3 is 2.60 bits per heavy atom. The second-order valence-corrected chi connectivity index (χ2v) is 5.22. The number of ether oxygens (including phenoxy) is 1. The molecule has 0 saturated carbocycles. The molecule has 0 saturated heterocycles. The number of hydrogen-bond acceptors (Lipinski definition) is 3. The van der Waals surface area contributed by atoms with Gasteiger partial charge in [0.05, 0.1) is 10.2 Å². The summed E-state index contributed by atoms with van der Waals surface area (Å²) in [4.78, 5) is 11.8. The maximum absolute atomic E-state index is 11.8. The van der Waals surface area contributed by atoms with Crippen molar-refractivity contribution in [1.82, 2.24) is 0 Å². The summed E-state index contributed by atoms with van der Waals surface area (Å²) >= 11 is 3.34. The van der Waals surface area contributed by atoms with E-state index in [-0.39, 0.29) is 12.5 Å². The van der Waals surface area contributed by atoms with Gasteiger partial charge in [0.2, 0.25) is 0 Å². The first-order valence-electron chi connectivity index (χ1n) is 6.09. The molecule has 0 radical (unpaired) electrons. The molecule has 2 aromatic rings. The van der Waals surface area contributed by atoms with Gasteiger partial charge in [-0.25, -0.2) is 0 Å². The number of nitrogens with one attached hydrogen (secondary N) is 1. The lowest BCUT2D eigenvalue weighted by molar-refractivity contribution is -0.118. The summed E-state index contributed by atoms with van der Waals surface area (Å²) in [5.74, 6) is 0.246. The van der Waals surface area contributed by atoms with Crippen molar-refractivity contribution in [2.24, 2.45) is 0 Å². The highest BCUT2D eigenvalue weighted by atomic mass is 79.9. The van der Waals surface area contributed by atoms with Gasteiger partial charge in [-0.2, -0.15) is 0 Å². The number of hydrogen-bond donors (Lipinski definition) is 2. The van der Waals surface area contributed by atoms with E-state index < -0.39 is 0 Å². The minimum Gasteiger partial charge on any atom is -0.480 e. The molecule has 0 spiro atoms. The number of carbonyl (C=O) groups is 1. The highest BCUT2D eigenvalue weighted by molar-refractivity contribution is 9.10. The summed E-state index contributed by atoms with van der Waals surface area (Å²) in [5.41, 5.74) is 8.16. The van der Waals surface area contributed by atoms with Crippen LogP contribution in [0.4, 0.5) is 11.4 Å². The van der Waals surface area contributed by atoms with E-state index >= 15 is 0 Å². The summed E-state index contributed by atoms with van der Waals surface area (Å²) in [7, 11) is 0. The van der Waals surface area contributed by atoms with E-state index in [1.165, 1.54) is 0 Å². The third kappa shape index (κ3) is 3.74. The van der Waals surface area contributed by atoms with Gasteiger partial charge in [-0.1, -0.05) is 23.8 Å². The largest absolute Gasteiger partial charge is 0.480 e. The molecule has 1 amide bonds. The van der Waals surface area contributed by atoms with Gasteiger partial charge in [0.1, 0.15) is 0 Å². The van der Waals surface area contributed by atoms with Crippen molar-refractivity contribution in [2.45, 2.75) is 6.92 Å². The lowest BCUT2D eigenvalue weighted by Gasteiger charge is -2.11. The number of benzene rings is 2. The predicted molar refractivity (Wildman–Crippen MR) is 83.9 cm³/mol. The van der Waals surface area contributed by atoms with Crippen LogP contribution >= 0.6 is 15.9 Å². The molecule has 3 N–H and O–H groups in total. The molecule has 4 nitrogen and oxygen atoms in total. The number of halogens is 1. The van der Waals surface area contributed by atoms with Gasteiger partial charge < -0.3 is 15.8 Å². The van der Waals surface area contributed by atoms with Gasteiger partial charge in [0.25, 0.3) is 5.91 Å². The molecule has 0 unspecified atom stereocenters. The molecular formula is C15H15BrN2O2. The Morgan fingerprint density at radius 2 is 1.95 bits per heavy atom. The highest BCUT2D eigenvalue weighted by Gasteiger charge is 2.08. The molecule has 0 bridgehead atoms. The normalized spacial score (nSPS) is 10.1. The zero-order chi connectivity index (χ0) is 14.5. The van der Waals surface area contributed by atoms with Crippen molar-refractivity contribution in [3.63, 3.8) is 0 Å². The molecule has 2 aromatic carbocycles. The smallest absolute Gasteiger partial charge is 0.262 e. The molecule has 2 rings (SSSR count). The predicted octanol–water partition coefficient (Wildman–Crippen LogP) is 3.36. The first-order valence-corrected chi connectivity index (χ1v) is 6.89. The zero-order valence-corrected chi connectivity index (χ0v) is 12.6. The first kappa shape index (κ1) is 14.4. The van der Waals surface area contributed by atoms with Crippen LogP contribution in [0.15, 0.2) is 46.9 Å². The minimum absolute atomic E-state index is 0.0965. The summed E-state index contributed by atoms with van der Waals surface area (Å²) in [5, 5.41) is 2.76. The van der Waals surface area contributed by atoms with Crippen LogP contribution in [0.5, 0.6) is 5.75 Å². The average Bonchev–Trinajstić information content (AvgIpc) is 2.41. The fourth-order valence-electron chi connectivity index (χ4n) is 1.65. The van der Waals surface area contributed by atoms with E-state index in [1.807, 2.05) is 37.3 Å². The van der Waals surface area contributed by atoms with Crippen molar-refractivity contribution in [3.05, 3.63) is 52.5 Å². The minimum atomic E-state index is -0.232. The van der Waals surface area contributed by atoms with E-state index in [1.54, 1.807) is 12.1 Å². The van der Waals surface area contributed by atoms with Gasteiger partial charge in [-0.05, 0) is 47.1 Å². The van der Waals surface area contributed by atoms with Crippen LogP contribution < -0.4 is 15.8 Å². The molecule has 0 atom stereocenters. The topological polar surface area (TPSA) is 64.3 Å². The van der Waals surface area contributed by atoms with Crippen LogP contribution in [0.1, 0.15) is 5.56 Å². The summed E-state index contributed by atoms with van der Waals surface area (Å²) in [6.07, 6.45) is 0. The molecular weight excluding hydrogens is 320 g/mol. The SMILES string of the molecule is Cc1ccc(NC(=O)COc2c(N)cccc2Br)cc1.